The second-order valence-electron chi connectivity index (χ2n) is 2.44. The van der Waals surface area contributed by atoms with Crippen LogP contribution in [0.15, 0.2) is 17.1 Å². The number of aliphatic imine (C=N–C) groups is 1. The van der Waals surface area contributed by atoms with Crippen LogP contribution in [-0.2, 0) is 4.79 Å². The highest BCUT2D eigenvalue weighted by Gasteiger charge is 2.14. The zero-order valence-corrected chi connectivity index (χ0v) is 6.23. The van der Waals surface area contributed by atoms with Gasteiger partial charge in [-0.3, -0.25) is 9.79 Å². The van der Waals surface area contributed by atoms with Crippen molar-refractivity contribution in [3.05, 3.63) is 12.2 Å². The van der Waals surface area contributed by atoms with Crippen molar-refractivity contribution in [3.63, 3.8) is 0 Å². The van der Waals surface area contributed by atoms with Crippen LogP contribution in [0.1, 0.15) is 12.8 Å². The minimum absolute atomic E-state index is 0.0425. The maximum Gasteiger partial charge on any atom is 0.180 e. The first-order chi connectivity index (χ1) is 5.34. The molecule has 1 aliphatic rings. The number of aliphatic hydroxyl groups is 1. The fourth-order valence-corrected chi connectivity index (χ4v) is 0.977. The van der Waals surface area contributed by atoms with Gasteiger partial charge in [-0.05, 0) is 25.0 Å². The first kappa shape index (κ1) is 8.14. The zero-order valence-electron chi connectivity index (χ0n) is 6.23. The number of rotatable bonds is 3. The average Bonchev–Trinajstić information content (AvgIpc) is 2.03. The quantitative estimate of drug-likeness (QED) is 0.635. The molecule has 60 valence electrons. The van der Waals surface area contributed by atoms with E-state index in [4.69, 9.17) is 5.11 Å². The van der Waals surface area contributed by atoms with Gasteiger partial charge >= 0.3 is 0 Å². The smallest absolute Gasteiger partial charge is 0.180 e. The molecule has 1 heterocycles. The molecule has 0 amide bonds. The summed E-state index contributed by atoms with van der Waals surface area (Å²) < 4.78 is 0. The first-order valence-electron chi connectivity index (χ1n) is 3.69. The molecule has 1 aliphatic heterocycles. The molecule has 3 heteroatoms. The molecule has 0 aliphatic carbocycles. The Bertz CT molecular complexity index is 196. The van der Waals surface area contributed by atoms with Gasteiger partial charge in [-0.1, -0.05) is 0 Å². The van der Waals surface area contributed by atoms with Crippen LogP contribution < -0.4 is 0 Å². The van der Waals surface area contributed by atoms with E-state index in [0.717, 1.165) is 0 Å². The topological polar surface area (TPSA) is 49.7 Å². The summed E-state index contributed by atoms with van der Waals surface area (Å²) in [5.41, 5.74) is 0. The molecule has 1 N–H and O–H groups in total. The second-order valence-corrected chi connectivity index (χ2v) is 2.44. The number of hydrogen-bond donors (Lipinski definition) is 1. The lowest BCUT2D eigenvalue weighted by molar-refractivity contribution is -0.115. The van der Waals surface area contributed by atoms with E-state index in [1.165, 1.54) is 6.08 Å². The van der Waals surface area contributed by atoms with Crippen LogP contribution in [0.5, 0.6) is 0 Å². The number of nitrogens with zero attached hydrogens (tertiary/aromatic N) is 1. The van der Waals surface area contributed by atoms with Gasteiger partial charge in [0.2, 0.25) is 0 Å². The Morgan fingerprint density at radius 1 is 1.64 bits per heavy atom. The van der Waals surface area contributed by atoms with Crippen molar-refractivity contribution in [2.24, 2.45) is 4.99 Å². The summed E-state index contributed by atoms with van der Waals surface area (Å²) in [4.78, 5) is 15.0. The van der Waals surface area contributed by atoms with Gasteiger partial charge in [-0.2, -0.15) is 0 Å². The fraction of sp³-hybridized carbons (Fsp3) is 0.500. The SMILES string of the molecule is O=C1C=CC=NC1CCCO. The normalized spacial score (nSPS) is 22.6. The minimum atomic E-state index is -0.243. The van der Waals surface area contributed by atoms with Gasteiger partial charge in [0.15, 0.2) is 5.78 Å². The summed E-state index contributed by atoms with van der Waals surface area (Å²) in [5, 5.41) is 8.50. The van der Waals surface area contributed by atoms with Crippen molar-refractivity contribution in [2.75, 3.05) is 6.61 Å². The summed E-state index contributed by atoms with van der Waals surface area (Å²) >= 11 is 0. The largest absolute Gasteiger partial charge is 0.396 e. The van der Waals surface area contributed by atoms with Gasteiger partial charge in [-0.25, -0.2) is 0 Å². The van der Waals surface area contributed by atoms with E-state index in [9.17, 15) is 4.79 Å². The lowest BCUT2D eigenvalue weighted by atomic mass is 10.1. The number of carbonyl (C=O) groups excluding carboxylic acids is 1. The molecule has 1 rings (SSSR count). The van der Waals surface area contributed by atoms with Crippen molar-refractivity contribution in [3.8, 4) is 0 Å². The molecule has 0 fully saturated rings. The fourth-order valence-electron chi connectivity index (χ4n) is 0.977. The summed E-state index contributed by atoms with van der Waals surface area (Å²) in [6, 6.07) is -0.243. The van der Waals surface area contributed by atoms with E-state index >= 15 is 0 Å². The van der Waals surface area contributed by atoms with Crippen LogP contribution in [-0.4, -0.2) is 29.8 Å². The highest BCUT2D eigenvalue weighted by Crippen LogP contribution is 2.06. The second kappa shape index (κ2) is 4.03. The van der Waals surface area contributed by atoms with Crippen LogP contribution in [0.3, 0.4) is 0 Å². The lowest BCUT2D eigenvalue weighted by Crippen LogP contribution is -2.19. The third-order valence-electron chi connectivity index (χ3n) is 1.58. The van der Waals surface area contributed by atoms with Crippen LogP contribution in [0, 0.1) is 0 Å². The van der Waals surface area contributed by atoms with Crippen molar-refractivity contribution >= 4 is 12.0 Å². The maximum absolute atomic E-state index is 11.0. The van der Waals surface area contributed by atoms with Crippen molar-refractivity contribution < 1.29 is 9.90 Å². The Labute approximate surface area is 65.4 Å². The molecule has 0 saturated carbocycles. The molecule has 3 nitrogen and oxygen atoms in total. The van der Waals surface area contributed by atoms with Crippen molar-refractivity contribution in [2.45, 2.75) is 18.9 Å². The molecule has 0 aromatic rings. The van der Waals surface area contributed by atoms with E-state index < -0.39 is 0 Å². The monoisotopic (exact) mass is 153 g/mol. The summed E-state index contributed by atoms with van der Waals surface area (Å²) in [7, 11) is 0. The third-order valence-corrected chi connectivity index (χ3v) is 1.58. The molecular formula is C8H11NO2. The Hall–Kier alpha value is -0.960. The van der Waals surface area contributed by atoms with Crippen LogP contribution >= 0.6 is 0 Å². The number of ketones is 1. The van der Waals surface area contributed by atoms with Gasteiger partial charge in [0.05, 0.1) is 0 Å². The molecule has 11 heavy (non-hydrogen) atoms. The Morgan fingerprint density at radius 3 is 3.09 bits per heavy atom. The predicted molar refractivity (Wildman–Crippen MR) is 42.7 cm³/mol. The van der Waals surface area contributed by atoms with E-state index in [2.05, 4.69) is 4.99 Å². The third kappa shape index (κ3) is 2.27. The Balaban J connectivity index is 2.39. The van der Waals surface area contributed by atoms with Crippen molar-refractivity contribution in [1.29, 1.82) is 0 Å². The number of hydrogen-bond acceptors (Lipinski definition) is 3. The zero-order chi connectivity index (χ0) is 8.10. The number of allylic oxidation sites excluding steroid dienone is 1. The predicted octanol–water partition coefficient (Wildman–Crippen LogP) is 0.337. The van der Waals surface area contributed by atoms with Crippen LogP contribution in [0.2, 0.25) is 0 Å². The lowest BCUT2D eigenvalue weighted by Gasteiger charge is -2.09. The van der Waals surface area contributed by atoms with E-state index in [-0.39, 0.29) is 18.4 Å². The van der Waals surface area contributed by atoms with Gasteiger partial charge in [0, 0.05) is 12.8 Å². The van der Waals surface area contributed by atoms with E-state index in [0.29, 0.717) is 12.8 Å². The number of dihydropyridines is 1. The minimum Gasteiger partial charge on any atom is -0.396 e. The van der Waals surface area contributed by atoms with Crippen LogP contribution in [0.4, 0.5) is 0 Å². The van der Waals surface area contributed by atoms with E-state index in [1.54, 1.807) is 12.3 Å². The molecule has 0 radical (unpaired) electrons. The highest BCUT2D eigenvalue weighted by molar-refractivity contribution is 6.00. The highest BCUT2D eigenvalue weighted by atomic mass is 16.2. The molecule has 0 aromatic carbocycles. The molecular weight excluding hydrogens is 142 g/mol. The summed E-state index contributed by atoms with van der Waals surface area (Å²) in [5.74, 6) is 0.0425. The van der Waals surface area contributed by atoms with Crippen LogP contribution in [0.25, 0.3) is 0 Å². The molecule has 0 saturated heterocycles. The molecule has 1 unspecified atom stereocenters. The van der Waals surface area contributed by atoms with Gasteiger partial charge < -0.3 is 5.11 Å². The Morgan fingerprint density at radius 2 is 2.45 bits per heavy atom. The summed E-state index contributed by atoms with van der Waals surface area (Å²) in [6.07, 6.45) is 6.08. The van der Waals surface area contributed by atoms with Gasteiger partial charge in [0.25, 0.3) is 0 Å². The summed E-state index contributed by atoms with van der Waals surface area (Å²) in [6.45, 7) is 0.128. The Kier molecular flexibility index (Phi) is 2.98. The first-order valence-corrected chi connectivity index (χ1v) is 3.69. The standard InChI is InChI=1S/C8H11NO2/c10-6-2-3-7-8(11)4-1-5-9-7/h1,4-5,7,10H,2-3,6H2. The molecule has 0 bridgehead atoms. The van der Waals surface area contributed by atoms with Gasteiger partial charge in [-0.15, -0.1) is 0 Å². The maximum atomic E-state index is 11.0. The van der Waals surface area contributed by atoms with Crippen molar-refractivity contribution in [1.82, 2.24) is 0 Å². The number of carbonyl (C=O) groups is 1. The van der Waals surface area contributed by atoms with E-state index in [1.807, 2.05) is 0 Å². The molecule has 0 spiro atoms. The molecule has 0 aromatic heterocycles. The van der Waals surface area contributed by atoms with Gasteiger partial charge in [0.1, 0.15) is 6.04 Å². The average molecular weight is 153 g/mol. The number of aliphatic hydroxyl groups excluding tert-OH is 1. The molecule has 1 atom stereocenters.